The first-order valence-electron chi connectivity index (χ1n) is 7.55. The zero-order chi connectivity index (χ0) is 16.7. The molecule has 4 rings (SSSR count). The third-order valence-electron chi connectivity index (χ3n) is 4.19. The molecule has 1 saturated heterocycles. The number of thiophene rings is 1. The second-order valence-corrected chi connectivity index (χ2v) is 8.74. The number of imidazole rings is 1. The first-order chi connectivity index (χ1) is 11.5. The highest BCUT2D eigenvalue weighted by Gasteiger charge is 2.29. The third-order valence-corrected chi connectivity index (χ3v) is 7.46. The van der Waals surface area contributed by atoms with E-state index in [1.807, 2.05) is 18.2 Å². The number of rotatable bonds is 3. The van der Waals surface area contributed by atoms with Gasteiger partial charge < -0.3 is 14.9 Å². The van der Waals surface area contributed by atoms with E-state index >= 15 is 0 Å². The molecule has 3 aromatic rings. The number of hydrogen-bond donors (Lipinski definition) is 2. The molecule has 1 fully saturated rings. The van der Waals surface area contributed by atoms with Crippen LogP contribution in [0.5, 0.6) is 0 Å². The average Bonchev–Trinajstić information content (AvgIpc) is 3.23. The first kappa shape index (κ1) is 15.4. The smallest absolute Gasteiger partial charge is 0.323 e. The van der Waals surface area contributed by atoms with E-state index in [2.05, 4.69) is 14.9 Å². The lowest BCUT2D eigenvalue weighted by atomic mass is 10.2. The van der Waals surface area contributed by atoms with Gasteiger partial charge in [0.1, 0.15) is 4.21 Å². The molecule has 0 unspecified atom stereocenters. The number of nitrogens with one attached hydrogen (secondary N) is 2. The highest BCUT2D eigenvalue weighted by molar-refractivity contribution is 7.91. The Morgan fingerprint density at radius 1 is 1.00 bits per heavy atom. The van der Waals surface area contributed by atoms with Gasteiger partial charge in [-0.1, -0.05) is 6.07 Å². The summed E-state index contributed by atoms with van der Waals surface area (Å²) in [5, 5.41) is 1.77. The maximum absolute atomic E-state index is 12.5. The van der Waals surface area contributed by atoms with Gasteiger partial charge in [-0.3, -0.25) is 0 Å². The van der Waals surface area contributed by atoms with Crippen molar-refractivity contribution in [2.75, 3.05) is 31.1 Å². The van der Waals surface area contributed by atoms with Crippen LogP contribution in [0.3, 0.4) is 0 Å². The number of H-pyrrole nitrogens is 2. The van der Waals surface area contributed by atoms with Crippen molar-refractivity contribution in [2.45, 2.75) is 4.21 Å². The zero-order valence-corrected chi connectivity index (χ0v) is 14.4. The van der Waals surface area contributed by atoms with Crippen molar-refractivity contribution in [1.82, 2.24) is 14.3 Å². The van der Waals surface area contributed by atoms with Gasteiger partial charge >= 0.3 is 5.69 Å². The fourth-order valence-electron chi connectivity index (χ4n) is 2.94. The topological polar surface area (TPSA) is 89.3 Å². The van der Waals surface area contributed by atoms with E-state index in [-0.39, 0.29) is 5.69 Å². The fourth-order valence-corrected chi connectivity index (χ4v) is 5.51. The first-order valence-corrected chi connectivity index (χ1v) is 9.87. The summed E-state index contributed by atoms with van der Waals surface area (Å²) in [6.07, 6.45) is 0. The Hall–Kier alpha value is -2.10. The number of aromatic amines is 2. The van der Waals surface area contributed by atoms with Crippen LogP contribution in [0.2, 0.25) is 0 Å². The van der Waals surface area contributed by atoms with Crippen molar-refractivity contribution in [1.29, 1.82) is 0 Å². The molecule has 126 valence electrons. The molecule has 1 aliphatic rings. The average molecular weight is 364 g/mol. The molecule has 0 bridgehead atoms. The number of fused-ring (bicyclic) bond motifs is 1. The van der Waals surface area contributed by atoms with Crippen LogP contribution < -0.4 is 10.6 Å². The Bertz CT molecular complexity index is 1010. The molecule has 9 heteroatoms. The zero-order valence-electron chi connectivity index (χ0n) is 12.7. The highest BCUT2D eigenvalue weighted by Crippen LogP contribution is 2.25. The number of benzene rings is 1. The van der Waals surface area contributed by atoms with Crippen LogP contribution in [0.25, 0.3) is 11.0 Å². The third kappa shape index (κ3) is 2.64. The number of piperazine rings is 1. The monoisotopic (exact) mass is 364 g/mol. The van der Waals surface area contributed by atoms with Gasteiger partial charge in [0.25, 0.3) is 10.0 Å². The van der Waals surface area contributed by atoms with E-state index in [9.17, 15) is 13.2 Å². The van der Waals surface area contributed by atoms with Crippen LogP contribution in [-0.2, 0) is 10.0 Å². The summed E-state index contributed by atoms with van der Waals surface area (Å²) in [7, 11) is -3.38. The normalized spacial score (nSPS) is 16.8. The second kappa shape index (κ2) is 5.76. The molecule has 3 heterocycles. The van der Waals surface area contributed by atoms with Crippen molar-refractivity contribution < 1.29 is 8.42 Å². The molecule has 0 saturated carbocycles. The van der Waals surface area contributed by atoms with Gasteiger partial charge in [-0.25, -0.2) is 13.2 Å². The second-order valence-electron chi connectivity index (χ2n) is 5.63. The van der Waals surface area contributed by atoms with E-state index in [1.54, 1.807) is 17.5 Å². The van der Waals surface area contributed by atoms with Crippen LogP contribution in [0.4, 0.5) is 5.69 Å². The summed E-state index contributed by atoms with van der Waals surface area (Å²) < 4.78 is 27.0. The quantitative estimate of drug-likeness (QED) is 0.736. The lowest BCUT2D eigenvalue weighted by Crippen LogP contribution is -2.48. The molecule has 0 aliphatic carbocycles. The van der Waals surface area contributed by atoms with Gasteiger partial charge in [0, 0.05) is 31.9 Å². The molecular formula is C15H16N4O3S2. The molecule has 0 atom stereocenters. The number of hydrogen-bond acceptors (Lipinski definition) is 5. The Balaban J connectivity index is 1.52. The van der Waals surface area contributed by atoms with Gasteiger partial charge in [-0.05, 0) is 29.6 Å². The van der Waals surface area contributed by atoms with Gasteiger partial charge in [0.05, 0.1) is 11.0 Å². The van der Waals surface area contributed by atoms with Gasteiger partial charge in [0.15, 0.2) is 0 Å². The van der Waals surface area contributed by atoms with Crippen molar-refractivity contribution >= 4 is 38.1 Å². The minimum atomic E-state index is -3.38. The van der Waals surface area contributed by atoms with E-state index in [4.69, 9.17) is 0 Å². The molecule has 0 radical (unpaired) electrons. The summed E-state index contributed by atoms with van der Waals surface area (Å²) in [5.41, 5.74) is 2.27. The standard InChI is InChI=1S/C15H16N4O3S2/c20-15-16-12-4-3-11(10-13(12)17-15)18-5-7-19(8-6-18)24(21,22)14-2-1-9-23-14/h1-4,9-10H,5-8H2,(H2,16,17,20). The largest absolute Gasteiger partial charge is 0.369 e. The van der Waals surface area contributed by atoms with Crippen LogP contribution in [0.15, 0.2) is 44.7 Å². The van der Waals surface area contributed by atoms with Crippen molar-refractivity contribution in [3.63, 3.8) is 0 Å². The van der Waals surface area contributed by atoms with E-state index in [0.29, 0.717) is 30.4 Å². The van der Waals surface area contributed by atoms with E-state index in [0.717, 1.165) is 16.7 Å². The molecule has 7 nitrogen and oxygen atoms in total. The summed E-state index contributed by atoms with van der Waals surface area (Å²) in [6.45, 7) is 2.12. The van der Waals surface area contributed by atoms with Crippen molar-refractivity contribution in [3.8, 4) is 0 Å². The predicted molar refractivity (Wildman–Crippen MR) is 94.2 cm³/mol. The van der Waals surface area contributed by atoms with E-state index < -0.39 is 10.0 Å². The Labute approximate surface area is 142 Å². The maximum atomic E-state index is 12.5. The van der Waals surface area contributed by atoms with E-state index in [1.165, 1.54) is 15.6 Å². The van der Waals surface area contributed by atoms with Crippen LogP contribution in [0, 0.1) is 0 Å². The number of anilines is 1. The number of sulfonamides is 1. The maximum Gasteiger partial charge on any atom is 0.323 e. The number of aromatic nitrogens is 2. The molecule has 1 aliphatic heterocycles. The van der Waals surface area contributed by atoms with Crippen molar-refractivity contribution in [3.05, 3.63) is 46.2 Å². The summed E-state index contributed by atoms with van der Waals surface area (Å²) in [6, 6.07) is 9.10. The van der Waals surface area contributed by atoms with Crippen LogP contribution >= 0.6 is 11.3 Å². The number of nitrogens with zero attached hydrogens (tertiary/aromatic N) is 2. The lowest BCUT2D eigenvalue weighted by Gasteiger charge is -2.35. The predicted octanol–water partition coefficient (Wildman–Crippen LogP) is 1.43. The molecule has 1 aromatic carbocycles. The minimum Gasteiger partial charge on any atom is -0.369 e. The SMILES string of the molecule is O=c1[nH]c2ccc(N3CCN(S(=O)(=O)c4cccs4)CC3)cc2[nH]1. The molecule has 24 heavy (non-hydrogen) atoms. The Morgan fingerprint density at radius 3 is 2.46 bits per heavy atom. The molecule has 0 spiro atoms. The molecular weight excluding hydrogens is 348 g/mol. The van der Waals surface area contributed by atoms with Gasteiger partial charge in [-0.2, -0.15) is 4.31 Å². The Morgan fingerprint density at radius 2 is 1.75 bits per heavy atom. The molecule has 2 N–H and O–H groups in total. The van der Waals surface area contributed by atoms with Gasteiger partial charge in [0.2, 0.25) is 0 Å². The summed E-state index contributed by atoms with van der Waals surface area (Å²) in [5.74, 6) is 0. The highest BCUT2D eigenvalue weighted by atomic mass is 32.2. The summed E-state index contributed by atoms with van der Waals surface area (Å²) >= 11 is 1.24. The van der Waals surface area contributed by atoms with Gasteiger partial charge in [-0.15, -0.1) is 11.3 Å². The summed E-state index contributed by atoms with van der Waals surface area (Å²) in [4.78, 5) is 18.9. The van der Waals surface area contributed by atoms with Crippen LogP contribution in [0.1, 0.15) is 0 Å². The van der Waals surface area contributed by atoms with Crippen molar-refractivity contribution in [2.24, 2.45) is 0 Å². The lowest BCUT2D eigenvalue weighted by molar-refractivity contribution is 0.386. The van der Waals surface area contributed by atoms with Crippen LogP contribution in [-0.4, -0.2) is 48.9 Å². The Kier molecular flexibility index (Phi) is 3.70. The molecule has 2 aromatic heterocycles. The fraction of sp³-hybridized carbons (Fsp3) is 0.267. The minimum absolute atomic E-state index is 0.228. The molecule has 0 amide bonds.